The van der Waals surface area contributed by atoms with Crippen LogP contribution in [0.15, 0.2) is 0 Å². The second kappa shape index (κ2) is 2.25. The SMILES string of the molecule is CC1C2C3C4C5C6C7CC8C9CC%10C%11C%12C%13C%14C%15C(C)C%16(C)C1(C)C21C%15%16C%142C31C41C53C64C87C9%10C%114C%123C%1321. The fourth-order valence-corrected chi connectivity index (χ4v) is 34.0. The maximum absolute atomic E-state index is 2.96. The van der Waals surface area contributed by atoms with Gasteiger partial charge in [-0.2, -0.15) is 0 Å². The molecule has 0 aliphatic heterocycles. The van der Waals surface area contributed by atoms with Gasteiger partial charge in [-0.15, -0.1) is 0 Å². The lowest BCUT2D eigenvalue weighted by Crippen LogP contribution is -3.50. The number of hydrogen-bond acceptors (Lipinski definition) is 0. The molecule has 30 unspecified atom stereocenters. The molecule has 0 heterocycles. The van der Waals surface area contributed by atoms with Gasteiger partial charge < -0.3 is 0 Å². The molecule has 21 rings (SSSR count). The van der Waals surface area contributed by atoms with Crippen molar-refractivity contribution in [2.45, 2.75) is 40.5 Å². The second-order valence-electron chi connectivity index (χ2n) is 22.0. The standard InChI is InChI=1S/C36H32/c1-7-13-17-21-19-15-11-5-9-10-6-12-16-20-22-18-14-8(2)24(4)23(7,3)27(13)28(14,24)32(18)31(17,27)35(21)33(19)29(15)25(9,11)26(10,12)30(16,29)34(20,33)36(22,32)35/h7-22H,5-6H2,1-4H3. The Kier molecular flexibility index (Phi) is 0.880. The molecule has 0 saturated heterocycles. The largest absolute Gasteiger partial charge is 0.0616 e. The van der Waals surface area contributed by atoms with Gasteiger partial charge >= 0.3 is 0 Å². The molecule has 0 nitrogen and oxygen atoms in total. The molecule has 21 aliphatic carbocycles. The second-order valence-corrected chi connectivity index (χ2v) is 22.0. The van der Waals surface area contributed by atoms with Crippen LogP contribution in [0.2, 0.25) is 0 Å². The molecule has 21 saturated carbocycles. The highest BCUT2D eigenvalue weighted by Gasteiger charge is 3.52. The molecule has 12 spiro atoms. The highest BCUT2D eigenvalue weighted by atomic mass is 15.5. The molecular formula is C36H32. The summed E-state index contributed by atoms with van der Waals surface area (Å²) in [6.45, 7) is 11.6. The normalized spacial score (nSPS) is 124. The zero-order valence-corrected chi connectivity index (χ0v) is 21.7. The van der Waals surface area contributed by atoms with Crippen molar-refractivity contribution in [1.82, 2.24) is 0 Å². The van der Waals surface area contributed by atoms with Crippen LogP contribution in [0.1, 0.15) is 40.5 Å². The van der Waals surface area contributed by atoms with Crippen molar-refractivity contribution in [3.63, 3.8) is 0 Å². The van der Waals surface area contributed by atoms with Crippen LogP contribution < -0.4 is 0 Å². The molecular weight excluding hydrogens is 432 g/mol. The number of hydrogen-bond donors (Lipinski definition) is 0. The van der Waals surface area contributed by atoms with Crippen LogP contribution in [0, 0.1) is 170 Å². The van der Waals surface area contributed by atoms with Gasteiger partial charge in [0.1, 0.15) is 0 Å². The van der Waals surface area contributed by atoms with E-state index in [0.29, 0.717) is 0 Å². The highest BCUT2D eigenvalue weighted by Crippen LogP contribution is 3.53. The van der Waals surface area contributed by atoms with Gasteiger partial charge in [0.15, 0.2) is 0 Å². The van der Waals surface area contributed by atoms with E-state index >= 15 is 0 Å². The van der Waals surface area contributed by atoms with E-state index in [2.05, 4.69) is 27.7 Å². The third kappa shape index (κ3) is 0.346. The van der Waals surface area contributed by atoms with E-state index in [0.717, 1.165) is 87.6 Å². The summed E-state index contributed by atoms with van der Waals surface area (Å²) < 4.78 is 0. The Labute approximate surface area is 210 Å². The van der Waals surface area contributed by atoms with Crippen molar-refractivity contribution in [3.8, 4) is 0 Å². The van der Waals surface area contributed by atoms with Crippen LogP contribution >= 0.6 is 0 Å². The van der Waals surface area contributed by atoms with Crippen molar-refractivity contribution in [3.05, 3.63) is 0 Å². The topological polar surface area (TPSA) is 0 Å². The Morgan fingerprint density at radius 2 is 0.694 bits per heavy atom. The van der Waals surface area contributed by atoms with Crippen LogP contribution in [0.4, 0.5) is 0 Å². The van der Waals surface area contributed by atoms with Gasteiger partial charge in [-0.3, -0.25) is 0 Å². The predicted octanol–water partition coefficient (Wildman–Crippen LogP) is 4.80. The molecule has 0 N–H and O–H groups in total. The minimum atomic E-state index is 0.773. The van der Waals surface area contributed by atoms with Gasteiger partial charge in [0.05, 0.1) is 0 Å². The zero-order valence-electron chi connectivity index (χ0n) is 21.7. The average molecular weight is 465 g/mol. The van der Waals surface area contributed by atoms with Gasteiger partial charge in [0.2, 0.25) is 0 Å². The van der Waals surface area contributed by atoms with Crippen molar-refractivity contribution in [1.29, 1.82) is 0 Å². The van der Waals surface area contributed by atoms with Crippen LogP contribution in [0.3, 0.4) is 0 Å². The molecule has 30 atom stereocenters. The summed E-state index contributed by atoms with van der Waals surface area (Å²) in [5.41, 5.74) is 14.1. The molecule has 0 heteroatoms. The van der Waals surface area contributed by atoms with Gasteiger partial charge in [-0.25, -0.2) is 0 Å². The highest BCUT2D eigenvalue weighted by molar-refractivity contribution is 5.97. The lowest BCUT2D eigenvalue weighted by atomic mass is 8.51. The Morgan fingerprint density at radius 1 is 0.361 bits per heavy atom. The third-order valence-corrected chi connectivity index (χ3v) is 28.5. The van der Waals surface area contributed by atoms with Crippen LogP contribution in [0.5, 0.6) is 0 Å². The molecule has 0 aromatic rings. The lowest BCUT2D eigenvalue weighted by Gasteiger charge is -3.52. The summed E-state index contributed by atoms with van der Waals surface area (Å²) in [7, 11) is 0. The van der Waals surface area contributed by atoms with Crippen LogP contribution in [-0.2, 0) is 0 Å². The summed E-state index contributed by atoms with van der Waals surface area (Å²) in [6.07, 6.45) is 3.54. The van der Waals surface area contributed by atoms with E-state index in [4.69, 9.17) is 0 Å². The monoisotopic (exact) mass is 464 g/mol. The van der Waals surface area contributed by atoms with Gasteiger partial charge in [-0.1, -0.05) is 27.7 Å². The van der Waals surface area contributed by atoms with Gasteiger partial charge in [0, 0.05) is 0 Å². The van der Waals surface area contributed by atoms with E-state index in [1.165, 1.54) is 82.9 Å². The summed E-state index contributed by atoms with van der Waals surface area (Å²) in [4.78, 5) is 0. The molecule has 0 radical (unpaired) electrons. The zero-order chi connectivity index (χ0) is 21.7. The van der Waals surface area contributed by atoms with E-state index in [-0.39, 0.29) is 0 Å². The maximum atomic E-state index is 2.96. The third-order valence-electron chi connectivity index (χ3n) is 28.5. The van der Waals surface area contributed by atoms with Crippen molar-refractivity contribution in [2.24, 2.45) is 170 Å². The first kappa shape index (κ1) is 14.1. The van der Waals surface area contributed by atoms with Crippen LogP contribution in [-0.4, -0.2) is 0 Å². The molecule has 0 aromatic heterocycles. The summed E-state index contributed by atoms with van der Waals surface area (Å²) in [6, 6.07) is 0. The van der Waals surface area contributed by atoms with E-state index in [1.807, 2.05) is 0 Å². The fourth-order valence-electron chi connectivity index (χ4n) is 34.0. The molecule has 21 aliphatic rings. The minimum absolute atomic E-state index is 0.773. The Balaban J connectivity index is 0.998. The molecule has 176 valence electrons. The molecule has 21 fully saturated rings. The summed E-state index contributed by atoms with van der Waals surface area (Å²) in [5.74, 6) is 20.7. The molecule has 36 heavy (non-hydrogen) atoms. The van der Waals surface area contributed by atoms with E-state index in [9.17, 15) is 0 Å². The first-order chi connectivity index (χ1) is 17.5. The summed E-state index contributed by atoms with van der Waals surface area (Å²) >= 11 is 0. The Morgan fingerprint density at radius 3 is 1.14 bits per heavy atom. The molecule has 0 bridgehead atoms. The Hall–Kier alpha value is 0. The molecule has 0 amide bonds. The molecule has 0 aromatic carbocycles. The van der Waals surface area contributed by atoms with Crippen molar-refractivity contribution in [2.75, 3.05) is 0 Å². The van der Waals surface area contributed by atoms with E-state index in [1.54, 1.807) is 12.8 Å². The number of fused-ring (bicyclic) bond motifs is 12. The first-order valence-corrected chi connectivity index (χ1v) is 17.5. The van der Waals surface area contributed by atoms with Crippen LogP contribution in [0.25, 0.3) is 0 Å². The van der Waals surface area contributed by atoms with E-state index < -0.39 is 0 Å². The maximum Gasteiger partial charge on any atom is -0.00502 e. The fraction of sp³-hybridized carbons (Fsp3) is 1.00. The summed E-state index contributed by atoms with van der Waals surface area (Å²) in [5, 5.41) is 0. The van der Waals surface area contributed by atoms with Gasteiger partial charge in [0.25, 0.3) is 0 Å². The number of rotatable bonds is 0. The first-order valence-electron chi connectivity index (χ1n) is 17.5. The van der Waals surface area contributed by atoms with Crippen molar-refractivity contribution >= 4 is 0 Å². The smallest absolute Gasteiger partial charge is 0.00502 e. The quantitative estimate of drug-likeness (QED) is 0.483. The predicted molar refractivity (Wildman–Crippen MR) is 122 cm³/mol. The lowest BCUT2D eigenvalue weighted by molar-refractivity contribution is -1.07. The minimum Gasteiger partial charge on any atom is -0.0616 e. The Bertz CT molecular complexity index is 1660. The van der Waals surface area contributed by atoms with Gasteiger partial charge in [-0.05, 0) is 183 Å². The average Bonchev–Trinajstić information content (AvgIpc) is 2.76. The van der Waals surface area contributed by atoms with Crippen molar-refractivity contribution < 1.29 is 0 Å².